The van der Waals surface area contributed by atoms with Crippen LogP contribution in [0.25, 0.3) is 22.2 Å². The van der Waals surface area contributed by atoms with Gasteiger partial charge in [-0.2, -0.15) is 0 Å². The average Bonchev–Trinajstić information content (AvgIpc) is 2.80. The second-order valence-electron chi connectivity index (χ2n) is 7.69. The molecule has 0 spiro atoms. The number of para-hydroxylation sites is 1. The summed E-state index contributed by atoms with van der Waals surface area (Å²) in [4.78, 5) is 16.1. The summed E-state index contributed by atoms with van der Waals surface area (Å²) in [7, 11) is 0. The Morgan fingerprint density at radius 3 is 2.61 bits per heavy atom. The van der Waals surface area contributed by atoms with Gasteiger partial charge < -0.3 is 14.0 Å². The summed E-state index contributed by atoms with van der Waals surface area (Å²) in [5, 5.41) is 0.756. The van der Waals surface area contributed by atoms with Gasteiger partial charge in [0.2, 0.25) is 5.43 Å². The Hall–Kier alpha value is -2.76. The number of aromatic amines is 1. The lowest BCUT2D eigenvalue weighted by Crippen LogP contribution is -2.13. The third-order valence-corrected chi connectivity index (χ3v) is 8.78. The van der Waals surface area contributed by atoms with Crippen molar-refractivity contribution in [2.75, 3.05) is 5.75 Å². The van der Waals surface area contributed by atoms with Gasteiger partial charge in [-0.3, -0.25) is 4.79 Å². The summed E-state index contributed by atoms with van der Waals surface area (Å²) >= 11 is 0.997. The molecular weight excluding hydrogens is 460 g/mol. The number of hydrogen-bond acceptors (Lipinski definition) is 5. The predicted molar refractivity (Wildman–Crippen MR) is 133 cm³/mol. The Bertz CT molecular complexity index is 1360. The standard InChI is InChI=1S/C25H25FNO4PS/c1-3-8-17-9-7-11-19(14-17)30-32(29,33-13-4-2)31-23-16-21(26)24-20(25(23)28)15-18-10-5-6-12-22(18)27-24/h5-7,9-12,14-16,27H,3-4,8,13H2,1-2H3. The second-order valence-corrected chi connectivity index (χ2v) is 11.7. The fraction of sp³-hybridized carbons (Fsp3) is 0.240. The van der Waals surface area contributed by atoms with Crippen LogP contribution in [0.3, 0.4) is 0 Å². The van der Waals surface area contributed by atoms with E-state index >= 15 is 0 Å². The third-order valence-electron chi connectivity index (χ3n) is 5.07. The molecule has 0 saturated heterocycles. The molecular formula is C25H25FNO4PS. The number of rotatable bonds is 9. The smallest absolute Gasteiger partial charge is 0.408 e. The van der Waals surface area contributed by atoms with Crippen molar-refractivity contribution in [3.63, 3.8) is 0 Å². The summed E-state index contributed by atoms with van der Waals surface area (Å²) in [5.41, 5.74) is 1.41. The minimum Gasteiger partial charge on any atom is -0.408 e. The van der Waals surface area contributed by atoms with Crippen molar-refractivity contribution in [3.05, 3.63) is 82.3 Å². The first-order valence-corrected chi connectivity index (χ1v) is 14.0. The molecule has 4 rings (SSSR count). The van der Waals surface area contributed by atoms with Gasteiger partial charge in [-0.15, -0.1) is 0 Å². The first-order valence-electron chi connectivity index (χ1n) is 10.9. The Kier molecular flexibility index (Phi) is 7.11. The van der Waals surface area contributed by atoms with E-state index in [9.17, 15) is 13.8 Å². The molecule has 2 aromatic carbocycles. The van der Waals surface area contributed by atoms with Crippen molar-refractivity contribution in [3.8, 4) is 22.8 Å². The molecule has 0 aromatic heterocycles. The van der Waals surface area contributed by atoms with Crippen LogP contribution in [0.1, 0.15) is 32.3 Å². The highest BCUT2D eigenvalue weighted by molar-refractivity contribution is 8.55. The van der Waals surface area contributed by atoms with Gasteiger partial charge >= 0.3 is 6.80 Å². The summed E-state index contributed by atoms with van der Waals surface area (Å²) in [6.07, 6.45) is 2.55. The number of benzene rings is 3. The topological polar surface area (TPSA) is 68.4 Å². The van der Waals surface area contributed by atoms with Crippen LogP contribution in [-0.2, 0) is 11.0 Å². The van der Waals surface area contributed by atoms with Crippen molar-refractivity contribution >= 4 is 29.1 Å². The number of H-pyrrole nitrogens is 1. The Morgan fingerprint density at radius 1 is 1.00 bits per heavy atom. The monoisotopic (exact) mass is 485 g/mol. The van der Waals surface area contributed by atoms with Crippen LogP contribution in [0.5, 0.6) is 11.5 Å². The van der Waals surface area contributed by atoms with E-state index in [1.54, 1.807) is 18.2 Å². The van der Waals surface area contributed by atoms with Crippen molar-refractivity contribution in [1.29, 1.82) is 0 Å². The molecule has 2 aliphatic rings. The third kappa shape index (κ3) is 5.26. The summed E-state index contributed by atoms with van der Waals surface area (Å²) in [5.74, 6) is -0.113. The lowest BCUT2D eigenvalue weighted by atomic mass is 10.0. The number of hydrogen-bond donors (Lipinski definition) is 1. The number of halogens is 1. The van der Waals surface area contributed by atoms with E-state index in [4.69, 9.17) is 9.05 Å². The molecule has 0 fully saturated rings. The number of fused-ring (bicyclic) bond motifs is 2. The summed E-state index contributed by atoms with van der Waals surface area (Å²) in [6, 6.07) is 17.2. The van der Waals surface area contributed by atoms with Crippen molar-refractivity contribution < 1.29 is 18.0 Å². The number of nitrogens with one attached hydrogen (secondary N) is 1. The lowest BCUT2D eigenvalue weighted by molar-refractivity contribution is 0.405. The SMILES string of the molecule is CCCSP(=O)(Oc1cccc(CCC)c1)Oc1cc(F)c2[nH]c3ccccc3cc-2c1=O. The maximum Gasteiger partial charge on any atom is 0.492 e. The Morgan fingerprint density at radius 2 is 1.82 bits per heavy atom. The Balaban J connectivity index is 1.73. The highest BCUT2D eigenvalue weighted by Gasteiger charge is 2.32. The van der Waals surface area contributed by atoms with Gasteiger partial charge in [-0.25, -0.2) is 8.96 Å². The normalized spacial score (nSPS) is 13.2. The molecule has 1 aliphatic heterocycles. The molecule has 172 valence electrons. The van der Waals surface area contributed by atoms with Gasteiger partial charge in [-0.1, -0.05) is 50.6 Å². The van der Waals surface area contributed by atoms with Gasteiger partial charge in [0.1, 0.15) is 5.75 Å². The summed E-state index contributed by atoms with van der Waals surface area (Å²) < 4.78 is 40.1. The summed E-state index contributed by atoms with van der Waals surface area (Å²) in [6.45, 7) is 0.161. The number of pyridine rings is 1. The molecule has 1 N–H and O–H groups in total. The molecule has 0 amide bonds. The molecule has 1 unspecified atom stereocenters. The number of aromatic nitrogens is 1. The molecule has 0 saturated carbocycles. The fourth-order valence-electron chi connectivity index (χ4n) is 3.56. The lowest BCUT2D eigenvalue weighted by Gasteiger charge is -2.20. The van der Waals surface area contributed by atoms with Crippen LogP contribution < -0.4 is 14.5 Å². The zero-order valence-corrected chi connectivity index (χ0v) is 20.2. The zero-order chi connectivity index (χ0) is 23.4. The van der Waals surface area contributed by atoms with Gasteiger partial charge in [0.15, 0.2) is 11.6 Å². The predicted octanol–water partition coefficient (Wildman–Crippen LogP) is 7.43. The molecule has 1 aliphatic carbocycles. The quantitative estimate of drug-likeness (QED) is 0.197. The molecule has 33 heavy (non-hydrogen) atoms. The fourth-order valence-corrected chi connectivity index (χ4v) is 6.89. The van der Waals surface area contributed by atoms with E-state index in [-0.39, 0.29) is 17.0 Å². The van der Waals surface area contributed by atoms with E-state index in [0.717, 1.165) is 47.7 Å². The van der Waals surface area contributed by atoms with E-state index in [2.05, 4.69) is 11.9 Å². The molecule has 2 aromatic rings. The minimum atomic E-state index is -3.85. The minimum absolute atomic E-state index is 0.0790. The van der Waals surface area contributed by atoms with E-state index in [1.165, 1.54) is 0 Å². The molecule has 0 bridgehead atoms. The van der Waals surface area contributed by atoms with Gasteiger partial charge in [0.25, 0.3) is 0 Å². The molecule has 1 atom stereocenters. The van der Waals surface area contributed by atoms with E-state index in [0.29, 0.717) is 17.0 Å². The van der Waals surface area contributed by atoms with Gasteiger partial charge in [0, 0.05) is 17.3 Å². The average molecular weight is 486 g/mol. The molecule has 1 heterocycles. The Labute approximate surface area is 196 Å². The first-order chi connectivity index (χ1) is 15.9. The highest BCUT2D eigenvalue weighted by atomic mass is 32.7. The zero-order valence-electron chi connectivity index (χ0n) is 18.5. The first kappa shape index (κ1) is 23.4. The van der Waals surface area contributed by atoms with Crippen LogP contribution in [0, 0.1) is 5.82 Å². The van der Waals surface area contributed by atoms with Crippen molar-refractivity contribution in [2.24, 2.45) is 0 Å². The van der Waals surface area contributed by atoms with Gasteiger partial charge in [0.05, 0.1) is 11.3 Å². The van der Waals surface area contributed by atoms with Crippen molar-refractivity contribution in [2.45, 2.75) is 33.1 Å². The van der Waals surface area contributed by atoms with Crippen LogP contribution in [0.2, 0.25) is 0 Å². The van der Waals surface area contributed by atoms with E-state index < -0.39 is 18.0 Å². The van der Waals surface area contributed by atoms with Crippen LogP contribution in [-0.4, -0.2) is 10.7 Å². The maximum atomic E-state index is 15.0. The maximum absolute atomic E-state index is 15.0. The molecule has 5 nitrogen and oxygen atoms in total. The largest absolute Gasteiger partial charge is 0.492 e. The van der Waals surface area contributed by atoms with Crippen LogP contribution in [0.15, 0.2) is 65.5 Å². The van der Waals surface area contributed by atoms with Crippen molar-refractivity contribution in [1.82, 2.24) is 4.98 Å². The van der Waals surface area contributed by atoms with Gasteiger partial charge in [-0.05, 0) is 59.4 Å². The van der Waals surface area contributed by atoms with Crippen LogP contribution in [0.4, 0.5) is 4.39 Å². The molecule has 8 heteroatoms. The highest BCUT2D eigenvalue weighted by Crippen LogP contribution is 2.59. The molecule has 0 radical (unpaired) electrons. The van der Waals surface area contributed by atoms with E-state index in [1.807, 2.05) is 43.3 Å². The number of aryl methyl sites for hydroxylation is 1. The second kappa shape index (κ2) is 10.0. The van der Waals surface area contributed by atoms with Crippen LogP contribution >= 0.6 is 18.2 Å².